The smallest absolute Gasteiger partial charge is 0.505 e. The first-order valence-corrected chi connectivity index (χ1v) is 8.33. The summed E-state index contributed by atoms with van der Waals surface area (Å²) in [5.41, 5.74) is 0.502. The molecule has 1 heterocycles. The van der Waals surface area contributed by atoms with E-state index in [9.17, 15) is 0 Å². The lowest BCUT2D eigenvalue weighted by atomic mass is 9.90. The van der Waals surface area contributed by atoms with Crippen molar-refractivity contribution in [3.05, 3.63) is 24.0 Å². The summed E-state index contributed by atoms with van der Waals surface area (Å²) in [4.78, 5) is 0. The predicted octanol–water partition coefficient (Wildman–Crippen LogP) is 4.05. The van der Waals surface area contributed by atoms with Crippen molar-refractivity contribution < 1.29 is 13.3 Å². The maximum atomic E-state index is 6.23. The molecular formula is C14H26O3Si. The van der Waals surface area contributed by atoms with Crippen LogP contribution in [0.2, 0.25) is 6.04 Å². The highest BCUT2D eigenvalue weighted by Gasteiger charge is 2.62. The van der Waals surface area contributed by atoms with Crippen LogP contribution in [0.15, 0.2) is 24.0 Å². The predicted molar refractivity (Wildman–Crippen MR) is 76.2 cm³/mol. The van der Waals surface area contributed by atoms with Crippen LogP contribution >= 0.6 is 0 Å². The Morgan fingerprint density at radius 1 is 1.17 bits per heavy atom. The molecule has 0 amide bonds. The van der Waals surface area contributed by atoms with Gasteiger partial charge in [-0.25, -0.2) is 0 Å². The van der Waals surface area contributed by atoms with E-state index in [0.717, 1.165) is 0 Å². The summed E-state index contributed by atoms with van der Waals surface area (Å²) in [7, 11) is -2.72. The fourth-order valence-corrected chi connectivity index (χ4v) is 5.71. The van der Waals surface area contributed by atoms with E-state index in [1.165, 1.54) is 5.57 Å². The molecule has 3 nitrogen and oxygen atoms in total. The van der Waals surface area contributed by atoms with Crippen molar-refractivity contribution in [2.24, 2.45) is 0 Å². The van der Waals surface area contributed by atoms with Crippen molar-refractivity contribution in [1.29, 1.82) is 0 Å². The lowest BCUT2D eigenvalue weighted by Crippen LogP contribution is -2.42. The molecule has 0 unspecified atom stereocenters. The van der Waals surface area contributed by atoms with Crippen LogP contribution in [0.5, 0.6) is 0 Å². The van der Waals surface area contributed by atoms with Crippen molar-refractivity contribution in [2.75, 3.05) is 0 Å². The topological polar surface area (TPSA) is 27.7 Å². The third kappa shape index (κ3) is 3.05. The standard InChI is InChI=1S/C14H26O3Si/c1-9-12(4)10-18(15-11(2)3)16-13(5,6)14(7,8)17-18/h9H,2,10H2,1,3-8H3/b12-9-. The van der Waals surface area contributed by atoms with Crippen molar-refractivity contribution in [2.45, 2.75) is 65.7 Å². The SMILES string of the molecule is C=C(C)O[Si]1(C/C(C)=C\C)OC(C)(C)C(C)(C)O1. The quantitative estimate of drug-likeness (QED) is 0.438. The second-order valence-electron chi connectivity index (χ2n) is 6.02. The third-order valence-corrected chi connectivity index (χ3v) is 6.88. The average Bonchev–Trinajstić information content (AvgIpc) is 2.29. The molecule has 18 heavy (non-hydrogen) atoms. The van der Waals surface area contributed by atoms with Gasteiger partial charge in [0.2, 0.25) is 0 Å². The van der Waals surface area contributed by atoms with E-state index in [0.29, 0.717) is 11.8 Å². The zero-order valence-corrected chi connectivity index (χ0v) is 13.7. The van der Waals surface area contributed by atoms with Crippen molar-refractivity contribution >= 4 is 8.80 Å². The van der Waals surface area contributed by atoms with Gasteiger partial charge in [-0.1, -0.05) is 18.2 Å². The molecule has 1 rings (SSSR count). The molecule has 104 valence electrons. The second-order valence-corrected chi connectivity index (χ2v) is 8.36. The van der Waals surface area contributed by atoms with E-state index in [4.69, 9.17) is 13.3 Å². The van der Waals surface area contributed by atoms with Gasteiger partial charge in [0, 0.05) is 0 Å². The first-order chi connectivity index (χ1) is 8.04. The Kier molecular flexibility index (Phi) is 4.15. The highest BCUT2D eigenvalue weighted by Crippen LogP contribution is 2.45. The fourth-order valence-electron chi connectivity index (χ4n) is 1.90. The molecule has 0 atom stereocenters. The fraction of sp³-hybridized carbons (Fsp3) is 0.714. The van der Waals surface area contributed by atoms with E-state index in [1.807, 2.05) is 13.8 Å². The molecule has 0 radical (unpaired) electrons. The van der Waals surface area contributed by atoms with Gasteiger partial charge in [0.1, 0.15) is 0 Å². The molecule has 0 spiro atoms. The molecule has 0 bridgehead atoms. The van der Waals surface area contributed by atoms with Crippen LogP contribution in [0.4, 0.5) is 0 Å². The largest absolute Gasteiger partial charge is 0.571 e. The molecule has 1 saturated heterocycles. The molecule has 1 fully saturated rings. The summed E-state index contributed by atoms with van der Waals surface area (Å²) in [6.45, 7) is 18.0. The minimum atomic E-state index is -2.72. The van der Waals surface area contributed by atoms with Crippen LogP contribution in [-0.2, 0) is 13.3 Å². The maximum Gasteiger partial charge on any atom is 0.571 e. The Morgan fingerprint density at radius 2 is 1.61 bits per heavy atom. The maximum absolute atomic E-state index is 6.23. The van der Waals surface area contributed by atoms with Crippen LogP contribution in [0, 0.1) is 0 Å². The summed E-state index contributed by atoms with van der Waals surface area (Å²) < 4.78 is 18.4. The summed E-state index contributed by atoms with van der Waals surface area (Å²) in [6, 6.07) is 0.712. The van der Waals surface area contributed by atoms with Gasteiger partial charge in [0.25, 0.3) is 0 Å². The van der Waals surface area contributed by atoms with E-state index in [2.05, 4.69) is 47.3 Å². The number of rotatable bonds is 4. The molecule has 0 aromatic carbocycles. The van der Waals surface area contributed by atoms with Crippen LogP contribution in [-0.4, -0.2) is 20.0 Å². The molecule has 4 heteroatoms. The lowest BCUT2D eigenvalue weighted by Gasteiger charge is -2.31. The Hall–Kier alpha value is -0.583. The zero-order valence-electron chi connectivity index (χ0n) is 12.7. The Balaban J connectivity index is 3.06. The molecule has 0 aliphatic carbocycles. The van der Waals surface area contributed by atoms with Crippen molar-refractivity contribution in [3.63, 3.8) is 0 Å². The van der Waals surface area contributed by atoms with Gasteiger partial charge in [-0.05, 0) is 48.5 Å². The lowest BCUT2D eigenvalue weighted by molar-refractivity contribution is 0.00578. The van der Waals surface area contributed by atoms with E-state index < -0.39 is 8.80 Å². The minimum absolute atomic E-state index is 0.358. The van der Waals surface area contributed by atoms with Crippen LogP contribution in [0.1, 0.15) is 48.5 Å². The van der Waals surface area contributed by atoms with E-state index in [-0.39, 0.29) is 11.2 Å². The van der Waals surface area contributed by atoms with Gasteiger partial charge in [-0.3, -0.25) is 0 Å². The molecule has 0 aromatic heterocycles. The highest BCUT2D eigenvalue weighted by molar-refractivity contribution is 6.62. The van der Waals surface area contributed by atoms with Gasteiger partial charge < -0.3 is 13.3 Å². The Morgan fingerprint density at radius 3 is 1.94 bits per heavy atom. The zero-order chi connectivity index (χ0) is 14.2. The summed E-state index contributed by atoms with van der Waals surface area (Å²) >= 11 is 0. The van der Waals surface area contributed by atoms with E-state index in [1.54, 1.807) is 0 Å². The summed E-state index contributed by atoms with van der Waals surface area (Å²) in [6.07, 6.45) is 2.07. The monoisotopic (exact) mass is 270 g/mol. The molecular weight excluding hydrogens is 244 g/mol. The number of hydrogen-bond acceptors (Lipinski definition) is 3. The number of hydrogen-bond donors (Lipinski definition) is 0. The second kappa shape index (κ2) is 4.83. The van der Waals surface area contributed by atoms with Crippen LogP contribution in [0.3, 0.4) is 0 Å². The minimum Gasteiger partial charge on any atom is -0.505 e. The molecule has 0 aromatic rings. The van der Waals surface area contributed by atoms with Crippen molar-refractivity contribution in [3.8, 4) is 0 Å². The Bertz CT molecular complexity index is 353. The summed E-state index contributed by atoms with van der Waals surface area (Å²) in [5, 5.41) is 0. The van der Waals surface area contributed by atoms with Crippen LogP contribution in [0.25, 0.3) is 0 Å². The van der Waals surface area contributed by atoms with Gasteiger partial charge in [-0.15, -0.1) is 0 Å². The normalized spacial score (nSPS) is 24.9. The first kappa shape index (κ1) is 15.5. The Labute approximate surface area is 112 Å². The first-order valence-electron chi connectivity index (χ1n) is 6.40. The molecule has 1 aliphatic heterocycles. The average molecular weight is 270 g/mol. The third-order valence-electron chi connectivity index (χ3n) is 3.59. The van der Waals surface area contributed by atoms with Gasteiger partial charge in [-0.2, -0.15) is 0 Å². The number of allylic oxidation sites excluding steroid dienone is 3. The highest BCUT2D eigenvalue weighted by atomic mass is 28.4. The van der Waals surface area contributed by atoms with Gasteiger partial charge >= 0.3 is 8.80 Å². The molecule has 0 saturated carbocycles. The van der Waals surface area contributed by atoms with Gasteiger partial charge in [0.15, 0.2) is 0 Å². The summed E-state index contributed by atoms with van der Waals surface area (Å²) in [5.74, 6) is 0.652. The van der Waals surface area contributed by atoms with Crippen LogP contribution < -0.4 is 0 Å². The van der Waals surface area contributed by atoms with Gasteiger partial charge in [0.05, 0.1) is 23.0 Å². The molecule has 1 aliphatic rings. The molecule has 0 N–H and O–H groups in total. The van der Waals surface area contributed by atoms with E-state index >= 15 is 0 Å². The van der Waals surface area contributed by atoms with Crippen molar-refractivity contribution in [1.82, 2.24) is 0 Å².